The first-order valence-corrected chi connectivity index (χ1v) is 11.7. The second-order valence-corrected chi connectivity index (χ2v) is 8.34. The highest BCUT2D eigenvalue weighted by atomic mass is 35.5. The van der Waals surface area contributed by atoms with Gasteiger partial charge in [0.2, 0.25) is 5.91 Å². The smallest absolute Gasteiger partial charge is 0.297 e. The third kappa shape index (κ3) is 4.94. The number of fused-ring (bicyclic) bond motifs is 1. The molecule has 0 radical (unpaired) electrons. The fourth-order valence-corrected chi connectivity index (χ4v) is 4.36. The molecule has 4 aromatic rings. The van der Waals surface area contributed by atoms with Crippen molar-refractivity contribution >= 4 is 34.2 Å². The Morgan fingerprint density at radius 1 is 1.17 bits per heavy atom. The number of methoxy groups -OCH3 is 1. The van der Waals surface area contributed by atoms with Crippen LogP contribution in [0, 0.1) is 0 Å². The monoisotopic (exact) mass is 493 g/mol. The second-order valence-electron chi connectivity index (χ2n) is 7.97. The van der Waals surface area contributed by atoms with E-state index >= 15 is 0 Å². The quantitative estimate of drug-likeness (QED) is 0.375. The molecule has 0 aliphatic rings. The Balaban J connectivity index is 1.68. The van der Waals surface area contributed by atoms with Gasteiger partial charge in [-0.25, -0.2) is 0 Å². The van der Waals surface area contributed by atoms with Crippen LogP contribution in [0.15, 0.2) is 54.7 Å². The molecule has 0 spiro atoms. The van der Waals surface area contributed by atoms with E-state index in [0.29, 0.717) is 34.5 Å². The number of aromatic nitrogens is 3. The number of carbonyl (C=O) groups is 1. The summed E-state index contributed by atoms with van der Waals surface area (Å²) in [6.45, 7) is 2.68. The predicted octanol–water partition coefficient (Wildman–Crippen LogP) is 4.20. The van der Waals surface area contributed by atoms with Crippen LogP contribution in [0.5, 0.6) is 11.8 Å². The van der Waals surface area contributed by atoms with E-state index in [9.17, 15) is 4.79 Å². The molecule has 0 atom stereocenters. The number of halogens is 1. The molecular formula is C26H28ClN5O3. The van der Waals surface area contributed by atoms with E-state index in [-0.39, 0.29) is 19.1 Å². The van der Waals surface area contributed by atoms with Crippen molar-refractivity contribution in [3.63, 3.8) is 0 Å². The molecule has 0 aliphatic carbocycles. The molecule has 182 valence electrons. The summed E-state index contributed by atoms with van der Waals surface area (Å²) in [5.41, 5.74) is 10.4. The van der Waals surface area contributed by atoms with Gasteiger partial charge in [-0.2, -0.15) is 4.98 Å². The highest BCUT2D eigenvalue weighted by Gasteiger charge is 2.20. The molecule has 0 aliphatic heterocycles. The number of para-hydroxylation sites is 1. The third-order valence-corrected chi connectivity index (χ3v) is 6.34. The summed E-state index contributed by atoms with van der Waals surface area (Å²) in [6.07, 6.45) is 2.53. The zero-order valence-electron chi connectivity index (χ0n) is 20.0. The molecule has 2 aromatic carbocycles. The summed E-state index contributed by atoms with van der Waals surface area (Å²) in [4.78, 5) is 22.7. The average molecular weight is 494 g/mol. The lowest BCUT2D eigenvalue weighted by Gasteiger charge is -2.21. The number of benzene rings is 2. The van der Waals surface area contributed by atoms with Gasteiger partial charge in [0.05, 0.1) is 42.1 Å². The number of hydrogen-bond donors (Lipinski definition) is 1. The number of aryl methyl sites for hydroxylation is 1. The van der Waals surface area contributed by atoms with Gasteiger partial charge in [0.15, 0.2) is 0 Å². The van der Waals surface area contributed by atoms with Gasteiger partial charge in [0.25, 0.3) is 6.01 Å². The number of amides is 1. The van der Waals surface area contributed by atoms with Crippen molar-refractivity contribution in [2.75, 3.05) is 25.6 Å². The Kier molecular flexibility index (Phi) is 7.53. The average Bonchev–Trinajstić information content (AvgIpc) is 3.25. The molecule has 0 fully saturated rings. The first-order valence-electron chi connectivity index (χ1n) is 11.3. The molecule has 8 nitrogen and oxygen atoms in total. The largest absolute Gasteiger partial charge is 0.486 e. The first-order chi connectivity index (χ1) is 17.0. The molecule has 0 bridgehead atoms. The van der Waals surface area contributed by atoms with Crippen LogP contribution in [0.25, 0.3) is 11.0 Å². The van der Waals surface area contributed by atoms with E-state index in [1.165, 1.54) is 4.90 Å². The summed E-state index contributed by atoms with van der Waals surface area (Å²) in [7, 11) is 3.25. The minimum absolute atomic E-state index is 0.0980. The van der Waals surface area contributed by atoms with E-state index in [0.717, 1.165) is 28.8 Å². The first kappa shape index (κ1) is 24.5. The third-order valence-electron chi connectivity index (χ3n) is 5.92. The van der Waals surface area contributed by atoms with Gasteiger partial charge in [-0.15, -0.1) is 0 Å². The topological polar surface area (TPSA) is 95.5 Å². The maximum Gasteiger partial charge on any atom is 0.297 e. The molecule has 0 saturated carbocycles. The number of pyridine rings is 1. The fourth-order valence-electron chi connectivity index (χ4n) is 4.00. The van der Waals surface area contributed by atoms with Crippen molar-refractivity contribution in [1.82, 2.24) is 14.5 Å². The number of nitrogens with zero attached hydrogens (tertiary/aromatic N) is 4. The summed E-state index contributed by atoms with van der Waals surface area (Å²) < 4.78 is 13.8. The van der Waals surface area contributed by atoms with Gasteiger partial charge in [-0.3, -0.25) is 14.3 Å². The number of carbonyl (C=O) groups excluding carboxylic acids is 1. The van der Waals surface area contributed by atoms with Gasteiger partial charge in [-0.05, 0) is 42.3 Å². The highest BCUT2D eigenvalue weighted by Crippen LogP contribution is 2.34. The number of imidazole rings is 1. The van der Waals surface area contributed by atoms with Crippen molar-refractivity contribution in [3.8, 4) is 11.8 Å². The minimum atomic E-state index is -0.224. The minimum Gasteiger partial charge on any atom is -0.486 e. The van der Waals surface area contributed by atoms with Gasteiger partial charge in [-0.1, -0.05) is 36.7 Å². The fraction of sp³-hybridized carbons (Fsp3) is 0.269. The molecule has 2 heterocycles. The predicted molar refractivity (Wildman–Crippen MR) is 137 cm³/mol. The maximum atomic E-state index is 12.1. The zero-order valence-corrected chi connectivity index (χ0v) is 20.7. The van der Waals surface area contributed by atoms with E-state index in [4.69, 9.17) is 26.8 Å². The lowest BCUT2D eigenvalue weighted by molar-refractivity contribution is -0.117. The standard InChI is InChI=1S/C26H28ClN5O3/c1-4-17-11-12-20(31(2)23(33)14-28)24(27)19(17)16-35-22-10-7-9-21-25(22)30-26(34-3)32(21)15-18-8-5-6-13-29-18/h5-13H,4,14-16,28H2,1-3H3. The number of ether oxygens (including phenoxy) is 2. The zero-order chi connectivity index (χ0) is 24.9. The normalized spacial score (nSPS) is 11.0. The van der Waals surface area contributed by atoms with Gasteiger partial charge in [0.1, 0.15) is 17.9 Å². The van der Waals surface area contributed by atoms with Gasteiger partial charge >= 0.3 is 0 Å². The molecular weight excluding hydrogens is 466 g/mol. The van der Waals surface area contributed by atoms with E-state index in [1.54, 1.807) is 20.4 Å². The Morgan fingerprint density at radius 2 is 2.00 bits per heavy atom. The molecule has 9 heteroatoms. The Labute approximate surface area is 209 Å². The highest BCUT2D eigenvalue weighted by molar-refractivity contribution is 6.34. The van der Waals surface area contributed by atoms with Crippen LogP contribution >= 0.6 is 11.6 Å². The summed E-state index contributed by atoms with van der Waals surface area (Å²) in [5.74, 6) is 0.383. The van der Waals surface area contributed by atoms with Crippen molar-refractivity contribution in [2.24, 2.45) is 5.73 Å². The van der Waals surface area contributed by atoms with Gasteiger partial charge in [0, 0.05) is 18.8 Å². The number of likely N-dealkylation sites (N-methyl/N-ethyl adjacent to an activating group) is 1. The van der Waals surface area contributed by atoms with E-state index in [2.05, 4.69) is 16.9 Å². The molecule has 2 aromatic heterocycles. The van der Waals surface area contributed by atoms with Crippen molar-refractivity contribution < 1.29 is 14.3 Å². The molecule has 35 heavy (non-hydrogen) atoms. The summed E-state index contributed by atoms with van der Waals surface area (Å²) >= 11 is 6.75. The van der Waals surface area contributed by atoms with Crippen LogP contribution in [0.3, 0.4) is 0 Å². The van der Waals surface area contributed by atoms with Crippen LogP contribution in [-0.2, 0) is 24.4 Å². The lowest BCUT2D eigenvalue weighted by atomic mass is 10.0. The number of rotatable bonds is 9. The van der Waals surface area contributed by atoms with Crippen LogP contribution in [0.1, 0.15) is 23.7 Å². The van der Waals surface area contributed by atoms with Crippen molar-refractivity contribution in [1.29, 1.82) is 0 Å². The lowest BCUT2D eigenvalue weighted by Crippen LogP contribution is -2.32. The van der Waals surface area contributed by atoms with Crippen LogP contribution in [0.4, 0.5) is 5.69 Å². The second kappa shape index (κ2) is 10.8. The molecule has 4 rings (SSSR count). The Bertz CT molecular complexity index is 1340. The van der Waals surface area contributed by atoms with Crippen molar-refractivity contribution in [2.45, 2.75) is 26.5 Å². The van der Waals surface area contributed by atoms with Crippen LogP contribution in [0.2, 0.25) is 5.02 Å². The molecule has 0 saturated heterocycles. The maximum absolute atomic E-state index is 12.1. The van der Waals surface area contributed by atoms with Gasteiger partial charge < -0.3 is 20.1 Å². The summed E-state index contributed by atoms with van der Waals surface area (Å²) in [5, 5.41) is 0.471. The molecule has 0 unspecified atom stereocenters. The van der Waals surface area contributed by atoms with Crippen LogP contribution in [-0.4, -0.2) is 41.1 Å². The molecule has 2 N–H and O–H groups in total. The number of hydrogen-bond acceptors (Lipinski definition) is 6. The number of anilines is 1. The van der Waals surface area contributed by atoms with Crippen LogP contribution < -0.4 is 20.1 Å². The SMILES string of the molecule is CCc1ccc(N(C)C(=O)CN)c(Cl)c1COc1cccc2c1nc(OC)n2Cc1ccccn1. The Hall–Kier alpha value is -3.62. The Morgan fingerprint density at radius 3 is 2.69 bits per heavy atom. The molecule has 1 amide bonds. The van der Waals surface area contributed by atoms with E-state index in [1.807, 2.05) is 53.1 Å². The van der Waals surface area contributed by atoms with Crippen molar-refractivity contribution in [3.05, 3.63) is 76.6 Å². The summed E-state index contributed by atoms with van der Waals surface area (Å²) in [6, 6.07) is 15.8. The van der Waals surface area contributed by atoms with E-state index < -0.39 is 0 Å². The number of nitrogens with two attached hydrogens (primary N) is 1.